The van der Waals surface area contributed by atoms with Crippen LogP contribution < -0.4 is 0 Å². The topological polar surface area (TPSA) is 9.23 Å². The summed E-state index contributed by atoms with van der Waals surface area (Å²) in [7, 11) is 0. The van der Waals surface area contributed by atoms with Gasteiger partial charge in [-0.25, -0.2) is 0 Å². The minimum Gasteiger partial charge on any atom is -0.372 e. The summed E-state index contributed by atoms with van der Waals surface area (Å²) in [4.78, 5) is 0. The maximum Gasteiger partial charge on any atom is 0.335 e. The minimum atomic E-state index is -3.97. The van der Waals surface area contributed by atoms with Crippen LogP contribution in [0.15, 0.2) is 0 Å². The van der Waals surface area contributed by atoms with Gasteiger partial charge in [-0.3, -0.25) is 0 Å². The quantitative estimate of drug-likeness (QED) is 0.579. The maximum absolute atomic E-state index is 12.3. The Morgan fingerprint density at radius 2 is 1.91 bits per heavy atom. The second-order valence-corrected chi connectivity index (χ2v) is 2.48. The number of hydrogen-bond acceptors (Lipinski definition) is 1. The Kier molecular flexibility index (Phi) is 1.86. The number of ether oxygens (including phenoxy) is 1. The van der Waals surface area contributed by atoms with Crippen LogP contribution >= 0.6 is 0 Å². The zero-order chi connectivity index (χ0) is 8.70. The fourth-order valence-electron chi connectivity index (χ4n) is 0.966. The Labute approximate surface area is 61.3 Å². The lowest BCUT2D eigenvalue weighted by atomic mass is 9.85. The van der Waals surface area contributed by atoms with Gasteiger partial charge in [0.1, 0.15) is 6.10 Å². The summed E-state index contributed by atoms with van der Waals surface area (Å²) in [6.07, 6.45) is -2.46. The van der Waals surface area contributed by atoms with Crippen molar-refractivity contribution in [1.82, 2.24) is 0 Å². The van der Waals surface area contributed by atoms with Crippen LogP contribution in [0.25, 0.3) is 0 Å². The third kappa shape index (κ3) is 1.11. The summed E-state index contributed by atoms with van der Waals surface area (Å²) < 4.78 is 53.1. The Balaban J connectivity index is 2.54. The van der Waals surface area contributed by atoms with Gasteiger partial charge in [0.15, 0.2) is 0 Å². The van der Waals surface area contributed by atoms with E-state index >= 15 is 0 Å². The summed E-state index contributed by atoms with van der Waals surface area (Å²) in [6.45, 7) is 1.53. The van der Waals surface area contributed by atoms with E-state index in [1.54, 1.807) is 0 Å². The van der Waals surface area contributed by atoms with Gasteiger partial charge in [-0.2, -0.15) is 17.6 Å². The molecule has 0 saturated heterocycles. The zero-order valence-electron chi connectivity index (χ0n) is 5.91. The molecule has 1 saturated carbocycles. The van der Waals surface area contributed by atoms with E-state index in [0.717, 1.165) is 0 Å². The van der Waals surface area contributed by atoms with Gasteiger partial charge in [0.05, 0.1) is 6.42 Å². The molecule has 66 valence electrons. The normalized spacial score (nSPS) is 33.0. The lowest BCUT2D eigenvalue weighted by Gasteiger charge is -2.42. The molecular formula is C6H8F4O. The summed E-state index contributed by atoms with van der Waals surface area (Å²) in [5.74, 6) is -7.84. The molecule has 0 aromatic carbocycles. The van der Waals surface area contributed by atoms with Gasteiger partial charge in [-0.1, -0.05) is 0 Å². The van der Waals surface area contributed by atoms with Gasteiger partial charge < -0.3 is 4.74 Å². The molecule has 0 aromatic heterocycles. The molecule has 0 heterocycles. The number of alkyl halides is 4. The molecule has 1 atom stereocenters. The first kappa shape index (κ1) is 8.77. The Hall–Kier alpha value is -0.320. The number of halogens is 4. The molecule has 0 radical (unpaired) electrons. The van der Waals surface area contributed by atoms with E-state index in [9.17, 15) is 17.6 Å². The van der Waals surface area contributed by atoms with E-state index in [1.807, 2.05) is 0 Å². The zero-order valence-corrected chi connectivity index (χ0v) is 5.91. The summed E-state index contributed by atoms with van der Waals surface area (Å²) in [6, 6.07) is 0. The lowest BCUT2D eigenvalue weighted by Crippen LogP contribution is -2.63. The Morgan fingerprint density at radius 3 is 2.18 bits per heavy atom. The molecule has 1 fully saturated rings. The fourth-order valence-corrected chi connectivity index (χ4v) is 0.966. The number of rotatable bonds is 2. The van der Waals surface area contributed by atoms with E-state index in [4.69, 9.17) is 0 Å². The fraction of sp³-hybridized carbons (Fsp3) is 1.00. The highest BCUT2D eigenvalue weighted by Crippen LogP contribution is 2.52. The van der Waals surface area contributed by atoms with Gasteiger partial charge in [-0.05, 0) is 6.92 Å². The third-order valence-corrected chi connectivity index (χ3v) is 1.70. The first-order valence-electron chi connectivity index (χ1n) is 3.29. The molecule has 0 aliphatic heterocycles. The maximum atomic E-state index is 12.3. The molecule has 1 aliphatic carbocycles. The smallest absolute Gasteiger partial charge is 0.335 e. The first-order valence-corrected chi connectivity index (χ1v) is 3.29. The molecule has 0 amide bonds. The summed E-state index contributed by atoms with van der Waals surface area (Å²) >= 11 is 0. The standard InChI is InChI=1S/C6H8F4O/c1-2-11-4-3-5(7,8)6(4,9)10/h4H,2-3H2,1H3/t4-/m1/s1. The van der Waals surface area contributed by atoms with Gasteiger partial charge in [0.2, 0.25) is 0 Å². The van der Waals surface area contributed by atoms with E-state index < -0.39 is 24.4 Å². The van der Waals surface area contributed by atoms with E-state index in [-0.39, 0.29) is 6.61 Å². The van der Waals surface area contributed by atoms with E-state index in [2.05, 4.69) is 4.74 Å². The molecule has 1 nitrogen and oxygen atoms in total. The molecule has 0 bridgehead atoms. The van der Waals surface area contributed by atoms with Crippen LogP contribution in [0.5, 0.6) is 0 Å². The monoisotopic (exact) mass is 172 g/mol. The van der Waals surface area contributed by atoms with Crippen LogP contribution in [-0.4, -0.2) is 24.6 Å². The average Bonchev–Trinajstić information content (AvgIpc) is 1.87. The molecule has 0 unspecified atom stereocenters. The SMILES string of the molecule is CCO[C@@H]1CC(F)(F)C1(F)F. The van der Waals surface area contributed by atoms with Crippen LogP contribution in [0, 0.1) is 0 Å². The highest BCUT2D eigenvalue weighted by molar-refractivity contribution is 5.04. The predicted molar refractivity (Wildman–Crippen MR) is 29.9 cm³/mol. The van der Waals surface area contributed by atoms with Crippen molar-refractivity contribution in [3.8, 4) is 0 Å². The van der Waals surface area contributed by atoms with Crippen molar-refractivity contribution in [1.29, 1.82) is 0 Å². The van der Waals surface area contributed by atoms with E-state index in [0.29, 0.717) is 0 Å². The van der Waals surface area contributed by atoms with Crippen LogP contribution in [0.1, 0.15) is 13.3 Å². The lowest BCUT2D eigenvalue weighted by molar-refractivity contribution is -0.340. The van der Waals surface area contributed by atoms with Crippen molar-refractivity contribution >= 4 is 0 Å². The van der Waals surface area contributed by atoms with Gasteiger partial charge >= 0.3 is 11.8 Å². The highest BCUT2D eigenvalue weighted by atomic mass is 19.3. The van der Waals surface area contributed by atoms with Crippen molar-refractivity contribution in [2.45, 2.75) is 31.3 Å². The molecule has 11 heavy (non-hydrogen) atoms. The second-order valence-electron chi connectivity index (χ2n) is 2.48. The Morgan fingerprint density at radius 1 is 1.36 bits per heavy atom. The van der Waals surface area contributed by atoms with Crippen LogP contribution in [0.3, 0.4) is 0 Å². The first-order chi connectivity index (χ1) is 4.92. The van der Waals surface area contributed by atoms with Crippen LogP contribution in [0.4, 0.5) is 17.6 Å². The molecule has 0 aromatic rings. The Bertz CT molecular complexity index is 157. The van der Waals surface area contributed by atoms with Crippen molar-refractivity contribution < 1.29 is 22.3 Å². The predicted octanol–water partition coefficient (Wildman–Crippen LogP) is 2.07. The molecular weight excluding hydrogens is 164 g/mol. The van der Waals surface area contributed by atoms with Crippen LogP contribution in [-0.2, 0) is 4.74 Å². The van der Waals surface area contributed by atoms with Gasteiger partial charge in [-0.15, -0.1) is 0 Å². The third-order valence-electron chi connectivity index (χ3n) is 1.70. The van der Waals surface area contributed by atoms with E-state index in [1.165, 1.54) is 6.92 Å². The molecule has 0 N–H and O–H groups in total. The molecule has 5 heteroatoms. The van der Waals surface area contributed by atoms with Gasteiger partial charge in [0.25, 0.3) is 0 Å². The van der Waals surface area contributed by atoms with Gasteiger partial charge in [0, 0.05) is 6.61 Å². The van der Waals surface area contributed by atoms with Crippen molar-refractivity contribution in [3.63, 3.8) is 0 Å². The average molecular weight is 172 g/mol. The summed E-state index contributed by atoms with van der Waals surface area (Å²) in [5, 5.41) is 0. The van der Waals surface area contributed by atoms with Crippen molar-refractivity contribution in [3.05, 3.63) is 0 Å². The molecule has 1 aliphatic rings. The summed E-state index contributed by atoms with van der Waals surface area (Å²) in [5.41, 5.74) is 0. The van der Waals surface area contributed by atoms with Crippen molar-refractivity contribution in [2.75, 3.05) is 6.61 Å². The largest absolute Gasteiger partial charge is 0.372 e. The minimum absolute atomic E-state index is 0.0380. The molecule has 0 spiro atoms. The van der Waals surface area contributed by atoms with Crippen LogP contribution in [0.2, 0.25) is 0 Å². The highest BCUT2D eigenvalue weighted by Gasteiger charge is 2.72. The number of hydrogen-bond donors (Lipinski definition) is 0. The van der Waals surface area contributed by atoms with Crippen molar-refractivity contribution in [2.24, 2.45) is 0 Å². The molecule has 1 rings (SSSR count). The second kappa shape index (κ2) is 2.33.